The molecule has 0 bridgehead atoms. The molecule has 0 atom stereocenters. The molecule has 0 radical (unpaired) electrons. The third-order valence-corrected chi connectivity index (χ3v) is 4.49. The second kappa shape index (κ2) is 5.19. The van der Waals surface area contributed by atoms with Crippen molar-refractivity contribution in [1.82, 2.24) is 9.55 Å². The molecule has 0 aliphatic rings. The molecule has 4 heteroatoms. The Hall–Kier alpha value is -2.38. The van der Waals surface area contributed by atoms with Crippen molar-refractivity contribution in [3.8, 4) is 23.5 Å². The summed E-state index contributed by atoms with van der Waals surface area (Å²) in [5, 5.41) is 0.671. The molecule has 0 fully saturated rings. The highest BCUT2D eigenvalue weighted by Crippen LogP contribution is 2.35. The molecule has 2 heterocycles. The monoisotopic (exact) mass is 294 g/mol. The zero-order chi connectivity index (χ0) is 15.0. The number of aryl methyl sites for hydroxylation is 2. The smallest absolute Gasteiger partial charge is 0.263 e. The average Bonchev–Trinajstić information content (AvgIpc) is 2.80. The van der Waals surface area contributed by atoms with Crippen LogP contribution < -0.4 is 5.56 Å². The molecule has 21 heavy (non-hydrogen) atoms. The van der Waals surface area contributed by atoms with Crippen LogP contribution in [0, 0.1) is 26.2 Å². The van der Waals surface area contributed by atoms with Crippen LogP contribution in [0.1, 0.15) is 10.7 Å². The van der Waals surface area contributed by atoms with Crippen molar-refractivity contribution < 1.29 is 0 Å². The van der Waals surface area contributed by atoms with Crippen LogP contribution in [0.15, 0.2) is 35.1 Å². The molecule has 2 aromatic heterocycles. The third-order valence-electron chi connectivity index (χ3n) is 3.49. The average molecular weight is 294 g/mol. The summed E-state index contributed by atoms with van der Waals surface area (Å²) >= 11 is 1.55. The standard InChI is InChI=1S/C17H14N2OS/c1-4-10-19-12(3)18-16-15(17(19)20)14(11(2)21-16)13-8-6-5-7-9-13/h1,5-9H,10H2,2-3H3. The summed E-state index contributed by atoms with van der Waals surface area (Å²) in [5.41, 5.74) is 1.95. The van der Waals surface area contributed by atoms with Gasteiger partial charge in [-0.2, -0.15) is 0 Å². The zero-order valence-electron chi connectivity index (χ0n) is 11.9. The minimum Gasteiger partial charge on any atom is -0.284 e. The third kappa shape index (κ3) is 2.16. The maximum atomic E-state index is 12.8. The fourth-order valence-electron chi connectivity index (χ4n) is 2.53. The van der Waals surface area contributed by atoms with Gasteiger partial charge in [0.15, 0.2) is 0 Å². The van der Waals surface area contributed by atoms with E-state index < -0.39 is 0 Å². The van der Waals surface area contributed by atoms with Gasteiger partial charge in [0, 0.05) is 10.4 Å². The van der Waals surface area contributed by atoms with Crippen LogP contribution in [0.2, 0.25) is 0 Å². The van der Waals surface area contributed by atoms with Crippen LogP contribution in [0.4, 0.5) is 0 Å². The van der Waals surface area contributed by atoms with E-state index in [0.29, 0.717) is 11.2 Å². The maximum absolute atomic E-state index is 12.8. The predicted molar refractivity (Wildman–Crippen MR) is 87.6 cm³/mol. The van der Waals surface area contributed by atoms with Crippen molar-refractivity contribution in [3.05, 3.63) is 51.4 Å². The van der Waals surface area contributed by atoms with Crippen molar-refractivity contribution in [1.29, 1.82) is 0 Å². The van der Waals surface area contributed by atoms with Gasteiger partial charge in [-0.15, -0.1) is 17.8 Å². The molecule has 0 unspecified atom stereocenters. The number of hydrogen-bond acceptors (Lipinski definition) is 3. The van der Waals surface area contributed by atoms with Gasteiger partial charge in [-0.25, -0.2) is 4.98 Å². The van der Waals surface area contributed by atoms with Crippen molar-refractivity contribution >= 4 is 21.6 Å². The molecule has 0 N–H and O–H groups in total. The molecule has 0 saturated heterocycles. The molecular formula is C17H14N2OS. The van der Waals surface area contributed by atoms with Crippen LogP contribution in [-0.2, 0) is 6.54 Å². The first-order valence-electron chi connectivity index (χ1n) is 6.63. The van der Waals surface area contributed by atoms with Gasteiger partial charge in [-0.05, 0) is 19.4 Å². The van der Waals surface area contributed by atoms with Crippen LogP contribution in [0.3, 0.4) is 0 Å². The van der Waals surface area contributed by atoms with E-state index in [2.05, 4.69) is 10.9 Å². The van der Waals surface area contributed by atoms with Gasteiger partial charge < -0.3 is 0 Å². The van der Waals surface area contributed by atoms with Gasteiger partial charge >= 0.3 is 0 Å². The lowest BCUT2D eigenvalue weighted by Gasteiger charge is -2.07. The Labute approximate surface area is 126 Å². The van der Waals surface area contributed by atoms with Gasteiger partial charge in [0.25, 0.3) is 5.56 Å². The first-order valence-corrected chi connectivity index (χ1v) is 7.44. The summed E-state index contributed by atoms with van der Waals surface area (Å²) in [4.78, 5) is 19.2. The van der Waals surface area contributed by atoms with E-state index >= 15 is 0 Å². The molecule has 1 aromatic carbocycles. The summed E-state index contributed by atoms with van der Waals surface area (Å²) in [5.74, 6) is 3.18. The van der Waals surface area contributed by atoms with Gasteiger partial charge in [0.2, 0.25) is 0 Å². The number of rotatable bonds is 2. The first-order chi connectivity index (χ1) is 10.1. The number of thiophene rings is 1. The lowest BCUT2D eigenvalue weighted by molar-refractivity contribution is 0.743. The molecule has 3 aromatic rings. The molecule has 0 amide bonds. The summed E-state index contributed by atoms with van der Waals surface area (Å²) < 4.78 is 1.56. The highest BCUT2D eigenvalue weighted by atomic mass is 32.1. The second-order valence-corrected chi connectivity index (χ2v) is 6.04. The van der Waals surface area contributed by atoms with Crippen molar-refractivity contribution in [2.75, 3.05) is 0 Å². The van der Waals surface area contributed by atoms with Crippen LogP contribution in [0.5, 0.6) is 0 Å². The zero-order valence-corrected chi connectivity index (χ0v) is 12.7. The van der Waals surface area contributed by atoms with E-state index in [9.17, 15) is 4.79 Å². The van der Waals surface area contributed by atoms with E-state index in [-0.39, 0.29) is 12.1 Å². The summed E-state index contributed by atoms with van der Waals surface area (Å²) in [6, 6.07) is 9.94. The molecule has 0 spiro atoms. The molecule has 0 aliphatic heterocycles. The van der Waals surface area contributed by atoms with Gasteiger partial charge in [-0.1, -0.05) is 36.3 Å². The van der Waals surface area contributed by atoms with E-state index in [4.69, 9.17) is 6.42 Å². The molecule has 0 aliphatic carbocycles. The number of aromatic nitrogens is 2. The Balaban J connectivity index is 2.42. The minimum atomic E-state index is -0.0568. The van der Waals surface area contributed by atoms with Crippen molar-refractivity contribution in [2.45, 2.75) is 20.4 Å². The van der Waals surface area contributed by atoms with Gasteiger partial charge in [-0.3, -0.25) is 9.36 Å². The predicted octanol–water partition coefficient (Wildman–Crippen LogP) is 3.38. The lowest BCUT2D eigenvalue weighted by Crippen LogP contribution is -2.23. The number of terminal acetylenes is 1. The number of hydrogen-bond donors (Lipinski definition) is 0. The Kier molecular flexibility index (Phi) is 3.36. The first kappa shape index (κ1) is 13.6. The van der Waals surface area contributed by atoms with Crippen LogP contribution >= 0.6 is 11.3 Å². The Morgan fingerprint density at radius 1 is 1.29 bits per heavy atom. The van der Waals surface area contributed by atoms with E-state index in [1.54, 1.807) is 15.9 Å². The fraction of sp³-hybridized carbons (Fsp3) is 0.176. The summed E-state index contributed by atoms with van der Waals surface area (Å²) in [6.45, 7) is 4.08. The molecule has 3 rings (SSSR count). The number of benzene rings is 1. The highest BCUT2D eigenvalue weighted by Gasteiger charge is 2.17. The maximum Gasteiger partial charge on any atom is 0.263 e. The Morgan fingerprint density at radius 3 is 2.67 bits per heavy atom. The molecule has 0 saturated carbocycles. The quantitative estimate of drug-likeness (QED) is 0.679. The second-order valence-electron chi connectivity index (χ2n) is 4.83. The Bertz CT molecular complexity index is 914. The van der Waals surface area contributed by atoms with Crippen molar-refractivity contribution in [2.24, 2.45) is 0 Å². The Morgan fingerprint density at radius 2 is 2.00 bits per heavy atom. The molecule has 104 valence electrons. The van der Waals surface area contributed by atoms with Crippen LogP contribution in [0.25, 0.3) is 21.3 Å². The van der Waals surface area contributed by atoms with Crippen LogP contribution in [-0.4, -0.2) is 9.55 Å². The SMILES string of the molecule is C#CCn1c(C)nc2sc(C)c(-c3ccccc3)c2c1=O. The highest BCUT2D eigenvalue weighted by molar-refractivity contribution is 7.19. The lowest BCUT2D eigenvalue weighted by atomic mass is 10.0. The fourth-order valence-corrected chi connectivity index (χ4v) is 3.61. The van der Waals surface area contributed by atoms with Gasteiger partial charge in [0.1, 0.15) is 10.7 Å². The largest absolute Gasteiger partial charge is 0.284 e. The molecule has 3 nitrogen and oxygen atoms in total. The van der Waals surface area contributed by atoms with Crippen molar-refractivity contribution in [3.63, 3.8) is 0 Å². The normalized spacial score (nSPS) is 10.7. The topological polar surface area (TPSA) is 34.9 Å². The minimum absolute atomic E-state index is 0.0568. The number of nitrogens with zero attached hydrogens (tertiary/aromatic N) is 2. The number of fused-ring (bicyclic) bond motifs is 1. The van der Waals surface area contributed by atoms with E-state index in [0.717, 1.165) is 20.8 Å². The summed E-state index contributed by atoms with van der Waals surface area (Å²) in [7, 11) is 0. The van der Waals surface area contributed by atoms with E-state index in [1.165, 1.54) is 0 Å². The molecular weight excluding hydrogens is 280 g/mol. The van der Waals surface area contributed by atoms with E-state index in [1.807, 2.05) is 44.2 Å². The van der Waals surface area contributed by atoms with Gasteiger partial charge in [0.05, 0.1) is 11.9 Å². The summed E-state index contributed by atoms with van der Waals surface area (Å²) in [6.07, 6.45) is 5.36.